The predicted octanol–water partition coefficient (Wildman–Crippen LogP) is 1.62. The molecule has 0 aromatic carbocycles. The SMILES string of the molecule is CC(=O)c1c[nH]c(C(=O)N2CCN(c3cc(Cl)ncn3)CC2)c1. The van der Waals surface area contributed by atoms with Crippen molar-refractivity contribution in [3.63, 3.8) is 0 Å². The maximum absolute atomic E-state index is 12.5. The average Bonchev–Trinajstić information content (AvgIpc) is 3.04. The summed E-state index contributed by atoms with van der Waals surface area (Å²) in [7, 11) is 0. The lowest BCUT2D eigenvalue weighted by Crippen LogP contribution is -2.49. The standard InChI is InChI=1S/C15H16ClN5O2/c1-10(22)11-6-12(17-8-11)15(23)21-4-2-20(3-5-21)14-7-13(16)18-9-19-14/h6-9,17H,2-5H2,1H3. The molecule has 1 amide bonds. The van der Waals surface area contributed by atoms with Gasteiger partial charge in [0.2, 0.25) is 0 Å². The van der Waals surface area contributed by atoms with Crippen LogP contribution in [0.1, 0.15) is 27.8 Å². The second-order valence-electron chi connectivity index (χ2n) is 5.34. The van der Waals surface area contributed by atoms with Crippen molar-refractivity contribution in [2.75, 3.05) is 31.1 Å². The molecule has 3 heterocycles. The van der Waals surface area contributed by atoms with Crippen molar-refractivity contribution in [2.24, 2.45) is 0 Å². The van der Waals surface area contributed by atoms with Gasteiger partial charge in [0.1, 0.15) is 23.0 Å². The highest BCUT2D eigenvalue weighted by Crippen LogP contribution is 2.17. The van der Waals surface area contributed by atoms with Crippen LogP contribution >= 0.6 is 11.6 Å². The van der Waals surface area contributed by atoms with Crippen molar-refractivity contribution >= 4 is 29.1 Å². The molecule has 1 aliphatic heterocycles. The number of nitrogens with one attached hydrogen (secondary N) is 1. The molecule has 7 nitrogen and oxygen atoms in total. The number of aromatic amines is 1. The molecule has 8 heteroatoms. The summed E-state index contributed by atoms with van der Waals surface area (Å²) < 4.78 is 0. The first kappa shape index (κ1) is 15.5. The van der Waals surface area contributed by atoms with E-state index in [9.17, 15) is 9.59 Å². The quantitative estimate of drug-likeness (QED) is 0.682. The number of aromatic nitrogens is 3. The van der Waals surface area contributed by atoms with E-state index in [1.807, 2.05) is 0 Å². The molecular weight excluding hydrogens is 318 g/mol. The Balaban J connectivity index is 1.64. The van der Waals surface area contributed by atoms with E-state index in [0.29, 0.717) is 42.6 Å². The smallest absolute Gasteiger partial charge is 0.270 e. The highest BCUT2D eigenvalue weighted by atomic mass is 35.5. The molecule has 0 atom stereocenters. The highest BCUT2D eigenvalue weighted by molar-refractivity contribution is 6.29. The summed E-state index contributed by atoms with van der Waals surface area (Å²) in [5.41, 5.74) is 0.955. The number of Topliss-reactive ketones (excluding diaryl/α,β-unsaturated/α-hetero) is 1. The van der Waals surface area contributed by atoms with Crippen molar-refractivity contribution in [1.29, 1.82) is 0 Å². The summed E-state index contributed by atoms with van der Waals surface area (Å²) in [6.45, 7) is 3.96. The van der Waals surface area contributed by atoms with Crippen molar-refractivity contribution in [3.05, 3.63) is 41.1 Å². The van der Waals surface area contributed by atoms with Crippen LogP contribution in [0.25, 0.3) is 0 Å². The van der Waals surface area contributed by atoms with Gasteiger partial charge in [0, 0.05) is 44.0 Å². The largest absolute Gasteiger partial charge is 0.356 e. The van der Waals surface area contributed by atoms with Gasteiger partial charge in [-0.05, 0) is 13.0 Å². The number of carbonyl (C=O) groups is 2. The number of anilines is 1. The van der Waals surface area contributed by atoms with Gasteiger partial charge in [0.25, 0.3) is 5.91 Å². The molecule has 0 bridgehead atoms. The number of H-pyrrole nitrogens is 1. The first-order chi connectivity index (χ1) is 11.0. The lowest BCUT2D eigenvalue weighted by atomic mass is 10.2. The molecule has 0 spiro atoms. The number of rotatable bonds is 3. The van der Waals surface area contributed by atoms with Crippen molar-refractivity contribution < 1.29 is 9.59 Å². The van der Waals surface area contributed by atoms with Gasteiger partial charge in [-0.2, -0.15) is 0 Å². The van der Waals surface area contributed by atoms with Gasteiger partial charge in [-0.15, -0.1) is 0 Å². The van der Waals surface area contributed by atoms with Crippen LogP contribution in [0, 0.1) is 0 Å². The zero-order valence-corrected chi connectivity index (χ0v) is 13.4. The molecule has 0 radical (unpaired) electrons. The van der Waals surface area contributed by atoms with E-state index >= 15 is 0 Å². The van der Waals surface area contributed by atoms with Gasteiger partial charge < -0.3 is 14.8 Å². The first-order valence-electron chi connectivity index (χ1n) is 7.26. The van der Waals surface area contributed by atoms with Crippen LogP contribution < -0.4 is 4.90 Å². The van der Waals surface area contributed by atoms with Crippen molar-refractivity contribution in [3.8, 4) is 0 Å². The molecule has 0 saturated carbocycles. The number of hydrogen-bond donors (Lipinski definition) is 1. The fourth-order valence-corrected chi connectivity index (χ4v) is 2.67. The van der Waals surface area contributed by atoms with E-state index in [4.69, 9.17) is 11.6 Å². The Hall–Kier alpha value is -2.41. The minimum atomic E-state index is -0.0992. The van der Waals surface area contributed by atoms with E-state index in [1.165, 1.54) is 13.3 Å². The Morgan fingerprint density at radius 1 is 1.17 bits per heavy atom. The third-order valence-electron chi connectivity index (χ3n) is 3.83. The lowest BCUT2D eigenvalue weighted by Gasteiger charge is -2.35. The molecule has 0 aliphatic carbocycles. The third kappa shape index (κ3) is 3.34. The number of amides is 1. The van der Waals surface area contributed by atoms with Gasteiger partial charge in [0.15, 0.2) is 5.78 Å². The van der Waals surface area contributed by atoms with Crippen molar-refractivity contribution in [1.82, 2.24) is 19.9 Å². The fraction of sp³-hybridized carbons (Fsp3) is 0.333. The Morgan fingerprint density at radius 3 is 2.52 bits per heavy atom. The Bertz CT molecular complexity index is 737. The summed E-state index contributed by atoms with van der Waals surface area (Å²) in [4.78, 5) is 38.5. The Morgan fingerprint density at radius 2 is 1.91 bits per heavy atom. The molecule has 1 fully saturated rings. The molecule has 23 heavy (non-hydrogen) atoms. The second kappa shape index (κ2) is 6.37. The van der Waals surface area contributed by atoms with Gasteiger partial charge >= 0.3 is 0 Å². The molecule has 2 aromatic rings. The van der Waals surface area contributed by atoms with Gasteiger partial charge in [0.05, 0.1) is 0 Å². The summed E-state index contributed by atoms with van der Waals surface area (Å²) >= 11 is 5.88. The number of halogens is 1. The Kier molecular flexibility index (Phi) is 4.29. The molecule has 2 aromatic heterocycles. The van der Waals surface area contributed by atoms with Crippen LogP contribution in [-0.4, -0.2) is 57.7 Å². The van der Waals surface area contributed by atoms with E-state index in [-0.39, 0.29) is 11.7 Å². The molecular formula is C15H16ClN5O2. The van der Waals surface area contributed by atoms with Crippen LogP contribution in [0.15, 0.2) is 24.7 Å². The minimum Gasteiger partial charge on any atom is -0.356 e. The van der Waals surface area contributed by atoms with Gasteiger partial charge in [-0.1, -0.05) is 11.6 Å². The van der Waals surface area contributed by atoms with Gasteiger partial charge in [-0.25, -0.2) is 9.97 Å². The van der Waals surface area contributed by atoms with E-state index < -0.39 is 0 Å². The predicted molar refractivity (Wildman–Crippen MR) is 86.0 cm³/mol. The number of piperazine rings is 1. The summed E-state index contributed by atoms with van der Waals surface area (Å²) in [6.07, 6.45) is 2.99. The number of nitrogens with zero attached hydrogens (tertiary/aromatic N) is 4. The minimum absolute atomic E-state index is 0.0641. The lowest BCUT2D eigenvalue weighted by molar-refractivity contribution is 0.0741. The summed E-state index contributed by atoms with van der Waals surface area (Å²) in [5.74, 6) is 0.597. The van der Waals surface area contributed by atoms with E-state index in [1.54, 1.807) is 23.2 Å². The van der Waals surface area contributed by atoms with Crippen LogP contribution in [0.2, 0.25) is 5.15 Å². The summed E-state index contributed by atoms with van der Waals surface area (Å²) in [5, 5.41) is 0.400. The third-order valence-corrected chi connectivity index (χ3v) is 4.04. The maximum atomic E-state index is 12.5. The van der Waals surface area contributed by atoms with Crippen LogP contribution in [0.5, 0.6) is 0 Å². The molecule has 3 rings (SSSR count). The Labute approximate surface area is 138 Å². The molecule has 0 unspecified atom stereocenters. The van der Waals surface area contributed by atoms with Gasteiger partial charge in [-0.3, -0.25) is 9.59 Å². The number of hydrogen-bond acceptors (Lipinski definition) is 5. The zero-order valence-electron chi connectivity index (χ0n) is 12.6. The number of carbonyl (C=O) groups excluding carboxylic acids is 2. The van der Waals surface area contributed by atoms with Crippen LogP contribution in [0.4, 0.5) is 5.82 Å². The van der Waals surface area contributed by atoms with Crippen LogP contribution in [0.3, 0.4) is 0 Å². The average molecular weight is 334 g/mol. The fourth-order valence-electron chi connectivity index (χ4n) is 2.53. The molecule has 1 N–H and O–H groups in total. The van der Waals surface area contributed by atoms with Crippen LogP contribution in [-0.2, 0) is 0 Å². The second-order valence-corrected chi connectivity index (χ2v) is 5.72. The maximum Gasteiger partial charge on any atom is 0.270 e. The van der Waals surface area contributed by atoms with Crippen molar-refractivity contribution in [2.45, 2.75) is 6.92 Å². The van der Waals surface area contributed by atoms with E-state index in [2.05, 4.69) is 19.9 Å². The number of ketones is 1. The topological polar surface area (TPSA) is 82.2 Å². The molecule has 1 saturated heterocycles. The first-order valence-corrected chi connectivity index (χ1v) is 7.63. The van der Waals surface area contributed by atoms with E-state index in [0.717, 1.165) is 5.82 Å². The summed E-state index contributed by atoms with van der Waals surface area (Å²) in [6, 6.07) is 3.31. The highest BCUT2D eigenvalue weighted by Gasteiger charge is 2.24. The zero-order chi connectivity index (χ0) is 16.4. The monoisotopic (exact) mass is 333 g/mol. The molecule has 120 valence electrons. The normalized spacial score (nSPS) is 14.9. The molecule has 1 aliphatic rings.